The van der Waals surface area contributed by atoms with E-state index < -0.39 is 12.0 Å². The van der Waals surface area contributed by atoms with Crippen LogP contribution in [0.3, 0.4) is 0 Å². The van der Waals surface area contributed by atoms with Gasteiger partial charge in [-0.05, 0) is 29.8 Å². The third-order valence-electron chi connectivity index (χ3n) is 4.29. The molecule has 8 heteroatoms. The molecule has 0 radical (unpaired) electrons. The highest BCUT2D eigenvalue weighted by atomic mass is 79.9. The van der Waals surface area contributed by atoms with Crippen molar-refractivity contribution in [1.82, 2.24) is 5.32 Å². The second kappa shape index (κ2) is 9.25. The van der Waals surface area contributed by atoms with Gasteiger partial charge >= 0.3 is 5.97 Å². The summed E-state index contributed by atoms with van der Waals surface area (Å²) < 4.78 is 5.60. The van der Waals surface area contributed by atoms with E-state index in [1.54, 1.807) is 0 Å². The van der Waals surface area contributed by atoms with Gasteiger partial charge in [0.05, 0.1) is 31.0 Å². The number of anilines is 1. The maximum Gasteiger partial charge on any atom is 0.307 e. The molecule has 0 saturated carbocycles. The van der Waals surface area contributed by atoms with Gasteiger partial charge in [0.2, 0.25) is 11.8 Å². The molecule has 0 aliphatic carbocycles. The normalized spacial score (nSPS) is 14.2. The number of halogens is 1. The van der Waals surface area contributed by atoms with Gasteiger partial charge in [-0.3, -0.25) is 14.4 Å². The minimum absolute atomic E-state index is 0.000914. The molecule has 28 heavy (non-hydrogen) atoms. The van der Waals surface area contributed by atoms with E-state index in [-0.39, 0.29) is 24.8 Å². The molecule has 6 nitrogen and oxygen atoms in total. The number of carbonyl (C=O) groups excluding carboxylic acids is 3. The smallest absolute Gasteiger partial charge is 0.307 e. The summed E-state index contributed by atoms with van der Waals surface area (Å²) in [6.45, 7) is -0.109. The number of nitrogens with one attached hydrogen (secondary N) is 1. The average Bonchev–Trinajstić information content (AvgIpc) is 2.69. The van der Waals surface area contributed by atoms with Crippen LogP contribution >= 0.6 is 27.7 Å². The molecule has 0 fully saturated rings. The zero-order valence-electron chi connectivity index (χ0n) is 15.2. The van der Waals surface area contributed by atoms with Crippen LogP contribution in [0.25, 0.3) is 0 Å². The fourth-order valence-electron chi connectivity index (χ4n) is 2.94. The first kappa shape index (κ1) is 20.4. The quantitative estimate of drug-likeness (QED) is 0.666. The molecule has 0 bridgehead atoms. The summed E-state index contributed by atoms with van der Waals surface area (Å²) in [5, 5.41) is 2.86. The van der Waals surface area contributed by atoms with Gasteiger partial charge in [-0.2, -0.15) is 0 Å². The fourth-order valence-corrected chi connectivity index (χ4v) is 4.29. The minimum Gasteiger partial charge on any atom is -0.469 e. The molecule has 146 valence electrons. The average molecular weight is 463 g/mol. The maximum atomic E-state index is 12.7. The Hall–Kier alpha value is -2.32. The SMILES string of the molecule is COC(=O)CC(NC(=O)CN1C(=O)CSc2ccccc21)c1cccc(Br)c1. The highest BCUT2D eigenvalue weighted by molar-refractivity contribution is 9.10. The molecule has 3 rings (SSSR count). The van der Waals surface area contributed by atoms with Crippen molar-refractivity contribution >= 4 is 51.2 Å². The standard InChI is InChI=1S/C20H19BrN2O4S/c1-27-20(26)10-15(13-5-4-6-14(21)9-13)22-18(24)11-23-16-7-2-3-8-17(16)28-12-19(23)25/h2-9,15H,10-12H2,1H3,(H,22,24). The molecular formula is C20H19BrN2O4S. The summed E-state index contributed by atoms with van der Waals surface area (Å²) in [4.78, 5) is 39.4. The number of ether oxygens (including phenoxy) is 1. The number of methoxy groups -OCH3 is 1. The molecular weight excluding hydrogens is 444 g/mol. The number of rotatable bonds is 6. The summed E-state index contributed by atoms with van der Waals surface area (Å²) in [5.41, 5.74) is 1.50. The van der Waals surface area contributed by atoms with Crippen LogP contribution in [0.4, 0.5) is 5.69 Å². The molecule has 1 aliphatic rings. The lowest BCUT2D eigenvalue weighted by molar-refractivity contribution is -0.141. The van der Waals surface area contributed by atoms with E-state index in [1.807, 2.05) is 48.5 Å². The van der Waals surface area contributed by atoms with Crippen LogP contribution in [0.1, 0.15) is 18.0 Å². The Morgan fingerprint density at radius 3 is 2.79 bits per heavy atom. The Bertz CT molecular complexity index is 905. The van der Waals surface area contributed by atoms with E-state index in [0.717, 1.165) is 20.6 Å². The number of amides is 2. The zero-order valence-corrected chi connectivity index (χ0v) is 17.6. The number of carbonyl (C=O) groups is 3. The van der Waals surface area contributed by atoms with E-state index in [2.05, 4.69) is 21.2 Å². The first-order valence-electron chi connectivity index (χ1n) is 8.61. The van der Waals surface area contributed by atoms with Gasteiger partial charge in [-0.15, -0.1) is 11.8 Å². The van der Waals surface area contributed by atoms with Crippen molar-refractivity contribution < 1.29 is 19.1 Å². The van der Waals surface area contributed by atoms with Crippen molar-refractivity contribution in [2.24, 2.45) is 0 Å². The summed E-state index contributed by atoms with van der Waals surface area (Å²) in [6.07, 6.45) is -0.000914. The molecule has 0 saturated heterocycles. The number of thioether (sulfide) groups is 1. The molecule has 1 atom stereocenters. The van der Waals surface area contributed by atoms with Gasteiger partial charge in [0.25, 0.3) is 0 Å². The van der Waals surface area contributed by atoms with E-state index >= 15 is 0 Å². The van der Waals surface area contributed by atoms with Crippen LogP contribution in [0.5, 0.6) is 0 Å². The summed E-state index contributed by atoms with van der Waals surface area (Å²) in [7, 11) is 1.31. The maximum absolute atomic E-state index is 12.7. The Morgan fingerprint density at radius 2 is 2.04 bits per heavy atom. The largest absolute Gasteiger partial charge is 0.469 e. The number of esters is 1. The number of para-hydroxylation sites is 1. The number of nitrogens with zero attached hydrogens (tertiary/aromatic N) is 1. The Balaban J connectivity index is 1.77. The van der Waals surface area contributed by atoms with Gasteiger partial charge in [0, 0.05) is 9.37 Å². The van der Waals surface area contributed by atoms with Crippen LogP contribution < -0.4 is 10.2 Å². The number of fused-ring (bicyclic) bond motifs is 1. The third kappa shape index (κ3) is 4.94. The van der Waals surface area contributed by atoms with E-state index in [9.17, 15) is 14.4 Å². The lowest BCUT2D eigenvalue weighted by Crippen LogP contribution is -2.44. The fraction of sp³-hybridized carbons (Fsp3) is 0.250. The predicted molar refractivity (Wildman–Crippen MR) is 111 cm³/mol. The van der Waals surface area contributed by atoms with Crippen molar-refractivity contribution in [3.8, 4) is 0 Å². The zero-order chi connectivity index (χ0) is 20.1. The first-order valence-corrected chi connectivity index (χ1v) is 10.4. The Labute approximate surface area is 175 Å². The van der Waals surface area contributed by atoms with Gasteiger partial charge in [0.1, 0.15) is 6.54 Å². The minimum atomic E-state index is -0.554. The third-order valence-corrected chi connectivity index (χ3v) is 5.84. The van der Waals surface area contributed by atoms with Crippen molar-refractivity contribution in [2.75, 3.05) is 24.3 Å². The number of benzene rings is 2. The summed E-state index contributed by atoms with van der Waals surface area (Å²) in [5.74, 6) is -0.600. The summed E-state index contributed by atoms with van der Waals surface area (Å²) in [6, 6.07) is 14.3. The van der Waals surface area contributed by atoms with Crippen molar-refractivity contribution in [3.63, 3.8) is 0 Å². The Kier molecular flexibility index (Phi) is 6.74. The Morgan fingerprint density at radius 1 is 1.25 bits per heavy atom. The first-order chi connectivity index (χ1) is 13.5. The molecule has 1 unspecified atom stereocenters. The lowest BCUT2D eigenvalue weighted by Gasteiger charge is -2.29. The van der Waals surface area contributed by atoms with E-state index in [1.165, 1.54) is 23.8 Å². The van der Waals surface area contributed by atoms with Crippen LogP contribution in [0, 0.1) is 0 Å². The van der Waals surface area contributed by atoms with Crippen LogP contribution in [-0.4, -0.2) is 37.2 Å². The van der Waals surface area contributed by atoms with Gasteiger partial charge in [0.15, 0.2) is 0 Å². The van der Waals surface area contributed by atoms with Crippen molar-refractivity contribution in [1.29, 1.82) is 0 Å². The van der Waals surface area contributed by atoms with Crippen LogP contribution in [-0.2, 0) is 19.1 Å². The molecule has 0 spiro atoms. The van der Waals surface area contributed by atoms with Gasteiger partial charge in [-0.1, -0.05) is 40.2 Å². The van der Waals surface area contributed by atoms with Crippen molar-refractivity contribution in [3.05, 3.63) is 58.6 Å². The van der Waals surface area contributed by atoms with Crippen molar-refractivity contribution in [2.45, 2.75) is 17.4 Å². The predicted octanol–water partition coefficient (Wildman–Crippen LogP) is 3.31. The number of hydrogen-bond acceptors (Lipinski definition) is 5. The highest BCUT2D eigenvalue weighted by Gasteiger charge is 2.27. The van der Waals surface area contributed by atoms with Crippen LogP contribution in [0.15, 0.2) is 57.9 Å². The molecule has 2 amide bonds. The van der Waals surface area contributed by atoms with Crippen LogP contribution in [0.2, 0.25) is 0 Å². The lowest BCUT2D eigenvalue weighted by atomic mass is 10.0. The molecule has 2 aromatic carbocycles. The van der Waals surface area contributed by atoms with E-state index in [4.69, 9.17) is 4.74 Å². The van der Waals surface area contributed by atoms with Gasteiger partial charge in [-0.25, -0.2) is 0 Å². The molecule has 1 N–H and O–H groups in total. The van der Waals surface area contributed by atoms with Gasteiger partial charge < -0.3 is 15.0 Å². The summed E-state index contributed by atoms with van der Waals surface area (Å²) >= 11 is 4.86. The highest BCUT2D eigenvalue weighted by Crippen LogP contribution is 2.34. The topological polar surface area (TPSA) is 75.7 Å². The molecule has 1 heterocycles. The second-order valence-corrected chi connectivity index (χ2v) is 8.12. The van der Waals surface area contributed by atoms with E-state index in [0.29, 0.717) is 5.75 Å². The molecule has 2 aromatic rings. The number of hydrogen-bond donors (Lipinski definition) is 1. The molecule has 0 aromatic heterocycles. The second-order valence-electron chi connectivity index (χ2n) is 6.19. The molecule has 1 aliphatic heterocycles. The monoisotopic (exact) mass is 462 g/mol.